The fourth-order valence-corrected chi connectivity index (χ4v) is 3.86. The Balaban J connectivity index is 1.53. The van der Waals surface area contributed by atoms with E-state index in [1.807, 2.05) is 54.6 Å². The highest BCUT2D eigenvalue weighted by Crippen LogP contribution is 2.31. The highest BCUT2D eigenvalue weighted by molar-refractivity contribution is 6.36. The summed E-state index contributed by atoms with van der Waals surface area (Å²) in [5, 5.41) is 3.18. The molecule has 0 saturated carbocycles. The van der Waals surface area contributed by atoms with E-state index in [1.54, 1.807) is 7.11 Å². The van der Waals surface area contributed by atoms with Crippen molar-refractivity contribution >= 4 is 23.1 Å². The zero-order chi connectivity index (χ0) is 21.6. The summed E-state index contributed by atoms with van der Waals surface area (Å²) in [5.74, 6) is 0.178. The van der Waals surface area contributed by atoms with E-state index in [0.29, 0.717) is 17.8 Å². The van der Waals surface area contributed by atoms with Gasteiger partial charge in [-0.3, -0.25) is 19.4 Å². The number of hydrogen-bond acceptors (Lipinski definition) is 6. The van der Waals surface area contributed by atoms with Crippen LogP contribution in [0.1, 0.15) is 12.0 Å². The second-order valence-electron chi connectivity index (χ2n) is 7.54. The smallest absolute Gasteiger partial charge is 0.278 e. The lowest BCUT2D eigenvalue weighted by molar-refractivity contribution is -0.136. The Bertz CT molecular complexity index is 951. The first-order chi connectivity index (χ1) is 15.2. The highest BCUT2D eigenvalue weighted by Gasteiger charge is 2.38. The van der Waals surface area contributed by atoms with E-state index in [0.717, 1.165) is 56.3 Å². The number of benzene rings is 2. The van der Waals surface area contributed by atoms with E-state index in [4.69, 9.17) is 9.47 Å². The van der Waals surface area contributed by atoms with Crippen molar-refractivity contribution < 1.29 is 19.1 Å². The average molecular weight is 421 g/mol. The van der Waals surface area contributed by atoms with Crippen molar-refractivity contribution in [1.82, 2.24) is 9.80 Å². The average Bonchev–Trinajstić information content (AvgIpc) is 3.05. The zero-order valence-corrected chi connectivity index (χ0v) is 17.7. The minimum atomic E-state index is -0.290. The summed E-state index contributed by atoms with van der Waals surface area (Å²) < 4.78 is 10.6. The third-order valence-electron chi connectivity index (χ3n) is 5.55. The molecule has 2 aliphatic heterocycles. The van der Waals surface area contributed by atoms with Crippen molar-refractivity contribution in [2.45, 2.75) is 6.42 Å². The maximum Gasteiger partial charge on any atom is 0.278 e. The molecule has 1 saturated heterocycles. The molecule has 0 atom stereocenters. The van der Waals surface area contributed by atoms with Crippen LogP contribution in [-0.2, 0) is 14.3 Å². The summed E-state index contributed by atoms with van der Waals surface area (Å²) in [4.78, 5) is 30.1. The lowest BCUT2D eigenvalue weighted by Gasteiger charge is -2.27. The van der Waals surface area contributed by atoms with Crippen molar-refractivity contribution in [3.63, 3.8) is 0 Å². The Morgan fingerprint density at radius 2 is 1.65 bits per heavy atom. The number of anilines is 1. The molecule has 31 heavy (non-hydrogen) atoms. The molecule has 1 N–H and O–H groups in total. The Morgan fingerprint density at radius 1 is 0.935 bits per heavy atom. The molecule has 2 aliphatic rings. The molecule has 162 valence electrons. The van der Waals surface area contributed by atoms with Gasteiger partial charge in [-0.2, -0.15) is 0 Å². The minimum Gasteiger partial charge on any atom is -0.497 e. The first kappa shape index (κ1) is 21.1. The second kappa shape index (κ2) is 9.76. The standard InChI is InChI=1S/C24H27N3O4/c1-30-20-10-8-19(9-11-20)25-22-21(18-6-3-2-4-7-18)23(28)27(24(22)29)13-5-12-26-14-16-31-17-15-26/h2-4,6-11,25H,5,12-17H2,1H3. The van der Waals surface area contributed by atoms with Crippen molar-refractivity contribution in [3.8, 4) is 5.75 Å². The summed E-state index contributed by atoms with van der Waals surface area (Å²) in [6, 6.07) is 16.6. The van der Waals surface area contributed by atoms with Crippen LogP contribution >= 0.6 is 0 Å². The van der Waals surface area contributed by atoms with Crippen LogP contribution in [0, 0.1) is 0 Å². The number of imide groups is 1. The number of nitrogens with zero attached hydrogens (tertiary/aromatic N) is 2. The molecule has 7 nitrogen and oxygen atoms in total. The molecule has 0 radical (unpaired) electrons. The molecular weight excluding hydrogens is 394 g/mol. The van der Waals surface area contributed by atoms with Gasteiger partial charge in [-0.25, -0.2) is 0 Å². The number of amides is 2. The van der Waals surface area contributed by atoms with Crippen LogP contribution in [0.5, 0.6) is 5.75 Å². The van der Waals surface area contributed by atoms with Gasteiger partial charge in [0.05, 0.1) is 25.9 Å². The minimum absolute atomic E-state index is 0.255. The number of methoxy groups -OCH3 is 1. The molecule has 0 bridgehead atoms. The third kappa shape index (κ3) is 4.78. The molecule has 4 rings (SSSR count). The second-order valence-corrected chi connectivity index (χ2v) is 7.54. The molecule has 0 aromatic heterocycles. The van der Waals surface area contributed by atoms with E-state index >= 15 is 0 Å². The summed E-state index contributed by atoms with van der Waals surface area (Å²) >= 11 is 0. The van der Waals surface area contributed by atoms with Crippen molar-refractivity contribution in [2.75, 3.05) is 51.8 Å². The Morgan fingerprint density at radius 3 is 2.32 bits per heavy atom. The van der Waals surface area contributed by atoms with E-state index in [9.17, 15) is 9.59 Å². The Hall–Kier alpha value is -3.16. The highest BCUT2D eigenvalue weighted by atomic mass is 16.5. The van der Waals surface area contributed by atoms with Crippen molar-refractivity contribution in [2.24, 2.45) is 0 Å². The molecule has 0 aliphatic carbocycles. The van der Waals surface area contributed by atoms with Crippen molar-refractivity contribution in [1.29, 1.82) is 0 Å². The first-order valence-corrected chi connectivity index (χ1v) is 10.5. The van der Waals surface area contributed by atoms with Gasteiger partial charge in [0.25, 0.3) is 11.8 Å². The Kier molecular flexibility index (Phi) is 6.64. The van der Waals surface area contributed by atoms with Crippen LogP contribution < -0.4 is 10.1 Å². The summed E-state index contributed by atoms with van der Waals surface area (Å²) in [6.45, 7) is 4.47. The van der Waals surface area contributed by atoms with E-state index in [2.05, 4.69) is 10.2 Å². The van der Waals surface area contributed by atoms with Gasteiger partial charge in [0.1, 0.15) is 11.4 Å². The monoisotopic (exact) mass is 421 g/mol. The van der Waals surface area contributed by atoms with Crippen LogP contribution in [0.2, 0.25) is 0 Å². The predicted octanol–water partition coefficient (Wildman–Crippen LogP) is 2.61. The molecule has 2 aromatic rings. The molecule has 2 aromatic carbocycles. The summed E-state index contributed by atoms with van der Waals surface area (Å²) in [7, 11) is 1.60. The molecule has 2 amide bonds. The lowest BCUT2D eigenvalue weighted by atomic mass is 10.0. The van der Waals surface area contributed by atoms with Crippen molar-refractivity contribution in [3.05, 3.63) is 65.9 Å². The number of ether oxygens (including phenoxy) is 2. The quantitative estimate of drug-likeness (QED) is 0.661. The number of morpholine rings is 1. The van der Waals surface area contributed by atoms with Gasteiger partial charge in [-0.05, 0) is 36.2 Å². The zero-order valence-electron chi connectivity index (χ0n) is 17.7. The van der Waals surface area contributed by atoms with Gasteiger partial charge < -0.3 is 14.8 Å². The van der Waals surface area contributed by atoms with Gasteiger partial charge in [0, 0.05) is 31.9 Å². The van der Waals surface area contributed by atoms with Gasteiger partial charge in [-0.1, -0.05) is 30.3 Å². The predicted molar refractivity (Wildman–Crippen MR) is 119 cm³/mol. The summed E-state index contributed by atoms with van der Waals surface area (Å²) in [5.41, 5.74) is 2.17. The normalized spacial score (nSPS) is 17.4. The number of nitrogens with one attached hydrogen (secondary N) is 1. The van der Waals surface area contributed by atoms with Crippen LogP contribution in [0.15, 0.2) is 60.3 Å². The molecule has 1 fully saturated rings. The fourth-order valence-electron chi connectivity index (χ4n) is 3.86. The molecule has 7 heteroatoms. The summed E-state index contributed by atoms with van der Waals surface area (Å²) in [6.07, 6.45) is 0.732. The largest absolute Gasteiger partial charge is 0.497 e. The SMILES string of the molecule is COc1ccc(NC2=C(c3ccccc3)C(=O)N(CCCN3CCOCC3)C2=O)cc1. The molecule has 0 unspecified atom stereocenters. The molecule has 0 spiro atoms. The Labute approximate surface area is 182 Å². The number of rotatable bonds is 8. The van der Waals surface area contributed by atoms with Gasteiger partial charge in [-0.15, -0.1) is 0 Å². The van der Waals surface area contributed by atoms with Crippen LogP contribution in [0.4, 0.5) is 5.69 Å². The molecule has 2 heterocycles. The number of hydrogen-bond donors (Lipinski definition) is 1. The maximum absolute atomic E-state index is 13.3. The lowest BCUT2D eigenvalue weighted by Crippen LogP contribution is -2.39. The van der Waals surface area contributed by atoms with E-state index in [1.165, 1.54) is 4.90 Å². The molecular formula is C24H27N3O4. The first-order valence-electron chi connectivity index (χ1n) is 10.5. The topological polar surface area (TPSA) is 71.1 Å². The van der Waals surface area contributed by atoms with Crippen LogP contribution in [0.3, 0.4) is 0 Å². The van der Waals surface area contributed by atoms with Crippen LogP contribution in [0.25, 0.3) is 5.57 Å². The number of carbonyl (C=O) groups excluding carboxylic acids is 2. The fraction of sp³-hybridized carbons (Fsp3) is 0.333. The maximum atomic E-state index is 13.3. The van der Waals surface area contributed by atoms with Gasteiger partial charge >= 0.3 is 0 Å². The van der Waals surface area contributed by atoms with Gasteiger partial charge in [0.15, 0.2) is 0 Å². The van der Waals surface area contributed by atoms with E-state index in [-0.39, 0.29) is 11.8 Å². The van der Waals surface area contributed by atoms with Gasteiger partial charge in [0.2, 0.25) is 0 Å². The van der Waals surface area contributed by atoms with E-state index < -0.39 is 0 Å². The number of carbonyl (C=O) groups is 2. The van der Waals surface area contributed by atoms with Crippen LogP contribution in [-0.4, -0.2) is 68.1 Å². The third-order valence-corrected chi connectivity index (χ3v) is 5.55.